The minimum atomic E-state index is -0.00384. The Labute approximate surface area is 195 Å². The van der Waals surface area contributed by atoms with Crippen LogP contribution >= 0.6 is 0 Å². The number of nitrogens with zero attached hydrogens (tertiary/aromatic N) is 2. The summed E-state index contributed by atoms with van der Waals surface area (Å²) in [5, 5.41) is 8.26. The van der Waals surface area contributed by atoms with E-state index >= 15 is 0 Å². The maximum absolute atomic E-state index is 12.7. The molecule has 0 atom stereocenters. The molecule has 2 aromatic carbocycles. The lowest BCUT2D eigenvalue weighted by atomic mass is 10.1. The third-order valence-corrected chi connectivity index (χ3v) is 6.02. The van der Waals surface area contributed by atoms with Gasteiger partial charge >= 0.3 is 0 Å². The first-order valence-electron chi connectivity index (χ1n) is 11.6. The van der Waals surface area contributed by atoms with Crippen LogP contribution in [0.15, 0.2) is 48.7 Å². The van der Waals surface area contributed by atoms with Crippen molar-refractivity contribution >= 4 is 33.9 Å². The number of anilines is 3. The molecule has 0 radical (unpaired) electrons. The molecule has 1 saturated heterocycles. The number of benzene rings is 2. The maximum atomic E-state index is 12.7. The van der Waals surface area contributed by atoms with Crippen molar-refractivity contribution in [3.63, 3.8) is 0 Å². The molecule has 174 valence electrons. The molecule has 0 spiro atoms. The fraction of sp³-hybridized carbons (Fsp3) is 0.385. The van der Waals surface area contributed by atoms with Crippen LogP contribution in [0.25, 0.3) is 10.8 Å². The van der Waals surface area contributed by atoms with Gasteiger partial charge in [-0.15, -0.1) is 0 Å². The fourth-order valence-corrected chi connectivity index (χ4v) is 4.26. The van der Waals surface area contributed by atoms with Gasteiger partial charge in [0.05, 0.1) is 19.9 Å². The van der Waals surface area contributed by atoms with Gasteiger partial charge in [-0.2, -0.15) is 0 Å². The molecule has 0 bridgehead atoms. The average Bonchev–Trinajstić information content (AvgIpc) is 2.85. The van der Waals surface area contributed by atoms with E-state index in [1.54, 1.807) is 20.4 Å². The van der Waals surface area contributed by atoms with Crippen molar-refractivity contribution in [3.05, 3.63) is 48.7 Å². The molecule has 33 heavy (non-hydrogen) atoms. The van der Waals surface area contributed by atoms with Crippen LogP contribution in [0.4, 0.5) is 17.2 Å². The highest BCUT2D eigenvalue weighted by Crippen LogP contribution is 2.34. The van der Waals surface area contributed by atoms with Crippen molar-refractivity contribution < 1.29 is 14.3 Å². The van der Waals surface area contributed by atoms with E-state index in [1.165, 1.54) is 19.3 Å². The Bertz CT molecular complexity index is 1100. The number of piperidine rings is 1. The van der Waals surface area contributed by atoms with Gasteiger partial charge in [-0.05, 0) is 74.6 Å². The van der Waals surface area contributed by atoms with E-state index < -0.39 is 0 Å². The van der Waals surface area contributed by atoms with Gasteiger partial charge in [0.15, 0.2) is 0 Å². The summed E-state index contributed by atoms with van der Waals surface area (Å²) in [7, 11) is 3.26. The lowest BCUT2D eigenvalue weighted by Gasteiger charge is -2.26. The minimum Gasteiger partial charge on any atom is -0.497 e. The molecule has 1 aliphatic heterocycles. The van der Waals surface area contributed by atoms with Crippen molar-refractivity contribution in [1.29, 1.82) is 0 Å². The Morgan fingerprint density at radius 2 is 1.91 bits per heavy atom. The molecule has 1 amide bonds. The average molecular weight is 449 g/mol. The van der Waals surface area contributed by atoms with E-state index in [0.29, 0.717) is 23.7 Å². The number of hydrogen-bond acceptors (Lipinski definition) is 6. The summed E-state index contributed by atoms with van der Waals surface area (Å²) in [6.07, 6.45) is 6.94. The second kappa shape index (κ2) is 11.0. The Kier molecular flexibility index (Phi) is 7.62. The van der Waals surface area contributed by atoms with Crippen molar-refractivity contribution in [2.75, 3.05) is 44.5 Å². The number of methoxy groups -OCH3 is 2. The first-order chi connectivity index (χ1) is 16.2. The summed E-state index contributed by atoms with van der Waals surface area (Å²) < 4.78 is 10.9. The minimum absolute atomic E-state index is 0.00384. The van der Waals surface area contributed by atoms with Crippen molar-refractivity contribution in [2.45, 2.75) is 32.1 Å². The number of ether oxygens (including phenoxy) is 2. The molecule has 1 aliphatic rings. The Morgan fingerprint density at radius 3 is 2.70 bits per heavy atom. The summed E-state index contributed by atoms with van der Waals surface area (Å²) >= 11 is 0. The molecule has 0 saturated carbocycles. The van der Waals surface area contributed by atoms with Crippen LogP contribution in [0, 0.1) is 0 Å². The predicted molar refractivity (Wildman–Crippen MR) is 133 cm³/mol. The molecular weight excluding hydrogens is 416 g/mol. The van der Waals surface area contributed by atoms with Crippen molar-refractivity contribution in [2.24, 2.45) is 0 Å². The van der Waals surface area contributed by atoms with E-state index in [4.69, 9.17) is 9.47 Å². The molecule has 0 aliphatic carbocycles. The zero-order chi connectivity index (χ0) is 23.0. The SMILES string of the molecule is COc1cccc(Nc2nccc3cc(OC)c(NC(=O)CCCN4CCCCC4)cc23)c1. The van der Waals surface area contributed by atoms with Crippen LogP contribution in [-0.2, 0) is 4.79 Å². The highest BCUT2D eigenvalue weighted by Gasteiger charge is 2.14. The predicted octanol–water partition coefficient (Wildman–Crippen LogP) is 5.20. The monoisotopic (exact) mass is 448 g/mol. The van der Waals surface area contributed by atoms with Gasteiger partial charge < -0.3 is 25.0 Å². The summed E-state index contributed by atoms with van der Waals surface area (Å²) in [4.78, 5) is 19.7. The largest absolute Gasteiger partial charge is 0.497 e. The third kappa shape index (κ3) is 5.93. The fourth-order valence-electron chi connectivity index (χ4n) is 4.26. The van der Waals surface area contributed by atoms with Crippen LogP contribution in [0.3, 0.4) is 0 Å². The molecule has 2 N–H and O–H groups in total. The first-order valence-corrected chi connectivity index (χ1v) is 11.6. The maximum Gasteiger partial charge on any atom is 0.224 e. The van der Waals surface area contributed by atoms with Gasteiger partial charge in [0.1, 0.15) is 17.3 Å². The smallest absolute Gasteiger partial charge is 0.224 e. The Balaban J connectivity index is 1.49. The zero-order valence-corrected chi connectivity index (χ0v) is 19.4. The van der Waals surface area contributed by atoms with Gasteiger partial charge in [-0.3, -0.25) is 4.79 Å². The number of aromatic nitrogens is 1. The van der Waals surface area contributed by atoms with Crippen LogP contribution in [0.1, 0.15) is 32.1 Å². The number of amides is 1. The number of hydrogen-bond donors (Lipinski definition) is 2. The van der Waals surface area contributed by atoms with Crippen LogP contribution in [0.5, 0.6) is 11.5 Å². The van der Waals surface area contributed by atoms with Gasteiger partial charge in [0.2, 0.25) is 5.91 Å². The highest BCUT2D eigenvalue weighted by molar-refractivity contribution is 6.01. The molecule has 2 heterocycles. The second-order valence-corrected chi connectivity index (χ2v) is 8.34. The van der Waals surface area contributed by atoms with Gasteiger partial charge in [0.25, 0.3) is 0 Å². The molecule has 1 aromatic heterocycles. The van der Waals surface area contributed by atoms with Crippen molar-refractivity contribution in [1.82, 2.24) is 9.88 Å². The van der Waals surface area contributed by atoms with Crippen LogP contribution in [0.2, 0.25) is 0 Å². The van der Waals surface area contributed by atoms with Gasteiger partial charge in [-0.25, -0.2) is 4.98 Å². The highest BCUT2D eigenvalue weighted by atomic mass is 16.5. The zero-order valence-electron chi connectivity index (χ0n) is 19.4. The van der Waals surface area contributed by atoms with Crippen LogP contribution in [-0.4, -0.2) is 49.6 Å². The molecule has 3 aromatic rings. The summed E-state index contributed by atoms with van der Waals surface area (Å²) in [5.74, 6) is 2.09. The molecule has 4 rings (SSSR count). The second-order valence-electron chi connectivity index (χ2n) is 8.34. The number of carbonyl (C=O) groups excluding carboxylic acids is 1. The molecule has 1 fully saturated rings. The lowest BCUT2D eigenvalue weighted by Crippen LogP contribution is -2.31. The normalized spacial score (nSPS) is 14.1. The van der Waals surface area contributed by atoms with Crippen molar-refractivity contribution in [3.8, 4) is 11.5 Å². The molecule has 7 heteroatoms. The molecule has 0 unspecified atom stereocenters. The first kappa shape index (κ1) is 22.9. The number of carbonyl (C=O) groups is 1. The van der Waals surface area contributed by atoms with E-state index in [0.717, 1.165) is 48.3 Å². The molecular formula is C26H32N4O3. The number of fused-ring (bicyclic) bond motifs is 1. The van der Waals surface area contributed by atoms with E-state index in [1.807, 2.05) is 42.5 Å². The molecule has 7 nitrogen and oxygen atoms in total. The number of rotatable bonds is 9. The van der Waals surface area contributed by atoms with E-state index in [9.17, 15) is 4.79 Å². The Hall–Kier alpha value is -3.32. The third-order valence-electron chi connectivity index (χ3n) is 6.02. The summed E-state index contributed by atoms with van der Waals surface area (Å²) in [6, 6.07) is 13.5. The van der Waals surface area contributed by atoms with E-state index in [2.05, 4.69) is 20.5 Å². The number of likely N-dealkylation sites (tertiary alicyclic amines) is 1. The number of pyridine rings is 1. The standard InChI is InChI=1S/C26H32N4O3/c1-32-21-9-6-8-20(17-21)28-26-22-18-23(24(33-2)16-19(22)11-12-27-26)29-25(31)10-7-15-30-13-4-3-5-14-30/h6,8-9,11-12,16-18H,3-5,7,10,13-15H2,1-2H3,(H,27,28)(H,29,31). The number of nitrogens with one attached hydrogen (secondary N) is 2. The van der Waals surface area contributed by atoms with Gasteiger partial charge in [-0.1, -0.05) is 12.5 Å². The van der Waals surface area contributed by atoms with Gasteiger partial charge in [0, 0.05) is 29.8 Å². The van der Waals surface area contributed by atoms with Crippen LogP contribution < -0.4 is 20.1 Å². The lowest BCUT2D eigenvalue weighted by molar-refractivity contribution is -0.116. The Morgan fingerprint density at radius 1 is 1.06 bits per heavy atom. The quantitative estimate of drug-likeness (QED) is 0.469. The summed E-state index contributed by atoms with van der Waals surface area (Å²) in [6.45, 7) is 3.27. The summed E-state index contributed by atoms with van der Waals surface area (Å²) in [5.41, 5.74) is 1.52. The topological polar surface area (TPSA) is 75.7 Å². The van der Waals surface area contributed by atoms with E-state index in [-0.39, 0.29) is 5.91 Å².